The summed E-state index contributed by atoms with van der Waals surface area (Å²) in [4.78, 5) is 0.609. The molecule has 70 valence electrons. The van der Waals surface area contributed by atoms with Gasteiger partial charge >= 0.3 is 0 Å². The second kappa shape index (κ2) is 3.14. The van der Waals surface area contributed by atoms with Gasteiger partial charge in [0.25, 0.3) is 0 Å². The molecule has 0 fully saturated rings. The zero-order valence-corrected chi connectivity index (χ0v) is 7.50. The molecule has 0 atom stereocenters. The summed E-state index contributed by atoms with van der Waals surface area (Å²) in [7, 11) is 0. The van der Waals surface area contributed by atoms with Crippen molar-refractivity contribution in [2.75, 3.05) is 13.2 Å². The van der Waals surface area contributed by atoms with E-state index in [2.05, 4.69) is 5.16 Å². The Kier molecular flexibility index (Phi) is 1.97. The third-order valence-corrected chi connectivity index (χ3v) is 2.60. The SMILES string of the molecule is N/C(=N\O)c1scc2c1OCCO2. The minimum atomic E-state index is 0.0525. The fraction of sp³-hybridized carbons (Fsp3) is 0.286. The molecule has 1 aliphatic rings. The maximum absolute atomic E-state index is 8.48. The molecular formula is C7H8N2O3S. The molecule has 0 aromatic carbocycles. The van der Waals surface area contributed by atoms with Gasteiger partial charge in [-0.3, -0.25) is 0 Å². The summed E-state index contributed by atoms with van der Waals surface area (Å²) >= 11 is 1.33. The molecule has 2 rings (SSSR count). The number of fused-ring (bicyclic) bond motifs is 1. The maximum Gasteiger partial charge on any atom is 0.184 e. The van der Waals surface area contributed by atoms with E-state index in [0.717, 1.165) is 0 Å². The van der Waals surface area contributed by atoms with E-state index in [0.29, 0.717) is 29.6 Å². The molecule has 0 spiro atoms. The number of ether oxygens (including phenoxy) is 2. The minimum absolute atomic E-state index is 0.0525. The summed E-state index contributed by atoms with van der Waals surface area (Å²) in [6.07, 6.45) is 0. The van der Waals surface area contributed by atoms with E-state index in [1.54, 1.807) is 5.38 Å². The lowest BCUT2D eigenvalue weighted by Gasteiger charge is -2.15. The first-order valence-corrected chi connectivity index (χ1v) is 4.56. The molecule has 0 aliphatic carbocycles. The monoisotopic (exact) mass is 200 g/mol. The molecule has 0 saturated carbocycles. The summed E-state index contributed by atoms with van der Waals surface area (Å²) in [6.45, 7) is 1.04. The van der Waals surface area contributed by atoms with Crippen molar-refractivity contribution in [3.63, 3.8) is 0 Å². The van der Waals surface area contributed by atoms with Crippen LogP contribution in [0.25, 0.3) is 0 Å². The van der Waals surface area contributed by atoms with Crippen LogP contribution in [0.1, 0.15) is 4.88 Å². The number of hydrogen-bond donors (Lipinski definition) is 2. The van der Waals surface area contributed by atoms with E-state index < -0.39 is 0 Å². The van der Waals surface area contributed by atoms with Gasteiger partial charge in [-0.25, -0.2) is 0 Å². The third-order valence-electron chi connectivity index (χ3n) is 1.64. The molecule has 1 aromatic rings. The smallest absolute Gasteiger partial charge is 0.184 e. The number of nitrogens with two attached hydrogens (primary N) is 1. The van der Waals surface area contributed by atoms with Crippen LogP contribution in [0.4, 0.5) is 0 Å². The molecule has 1 aromatic heterocycles. The Bertz CT molecular complexity index is 348. The van der Waals surface area contributed by atoms with Gasteiger partial charge in [-0.2, -0.15) is 0 Å². The highest BCUT2D eigenvalue weighted by atomic mass is 32.1. The Morgan fingerprint density at radius 1 is 1.54 bits per heavy atom. The molecule has 0 unspecified atom stereocenters. The summed E-state index contributed by atoms with van der Waals surface area (Å²) in [5, 5.41) is 13.2. The van der Waals surface area contributed by atoms with E-state index in [4.69, 9.17) is 20.4 Å². The highest BCUT2D eigenvalue weighted by molar-refractivity contribution is 7.12. The van der Waals surface area contributed by atoms with Gasteiger partial charge < -0.3 is 20.4 Å². The van der Waals surface area contributed by atoms with Crippen LogP contribution in [0.3, 0.4) is 0 Å². The van der Waals surface area contributed by atoms with Gasteiger partial charge in [-0.1, -0.05) is 5.16 Å². The summed E-state index contributed by atoms with van der Waals surface area (Å²) in [5.74, 6) is 1.29. The summed E-state index contributed by atoms with van der Waals surface area (Å²) < 4.78 is 10.6. The van der Waals surface area contributed by atoms with E-state index >= 15 is 0 Å². The van der Waals surface area contributed by atoms with Crippen molar-refractivity contribution in [2.45, 2.75) is 0 Å². The molecule has 13 heavy (non-hydrogen) atoms. The third kappa shape index (κ3) is 1.29. The minimum Gasteiger partial charge on any atom is -0.485 e. The second-order valence-corrected chi connectivity index (χ2v) is 3.32. The fourth-order valence-corrected chi connectivity index (χ4v) is 1.91. The predicted molar refractivity (Wildman–Crippen MR) is 47.8 cm³/mol. The Labute approximate surface area is 78.4 Å². The zero-order valence-electron chi connectivity index (χ0n) is 6.69. The van der Waals surface area contributed by atoms with E-state index in [9.17, 15) is 0 Å². The Hall–Kier alpha value is -1.43. The van der Waals surface area contributed by atoms with Crippen LogP contribution in [-0.4, -0.2) is 24.3 Å². The number of oxime groups is 1. The van der Waals surface area contributed by atoms with Crippen LogP contribution in [0.15, 0.2) is 10.5 Å². The maximum atomic E-state index is 8.48. The lowest BCUT2D eigenvalue weighted by molar-refractivity contribution is 0.173. The molecule has 6 heteroatoms. The molecule has 3 N–H and O–H groups in total. The largest absolute Gasteiger partial charge is 0.485 e. The van der Waals surface area contributed by atoms with Crippen molar-refractivity contribution in [1.29, 1.82) is 0 Å². The lowest BCUT2D eigenvalue weighted by atomic mass is 10.3. The van der Waals surface area contributed by atoms with Crippen molar-refractivity contribution in [2.24, 2.45) is 10.9 Å². The molecule has 0 saturated heterocycles. The second-order valence-electron chi connectivity index (χ2n) is 2.44. The first-order chi connectivity index (χ1) is 6.33. The van der Waals surface area contributed by atoms with Crippen molar-refractivity contribution in [3.8, 4) is 11.5 Å². The topological polar surface area (TPSA) is 77.1 Å². The van der Waals surface area contributed by atoms with Gasteiger partial charge in [0.2, 0.25) is 0 Å². The van der Waals surface area contributed by atoms with E-state index in [1.807, 2.05) is 0 Å². The van der Waals surface area contributed by atoms with Gasteiger partial charge in [-0.15, -0.1) is 11.3 Å². The number of rotatable bonds is 1. The van der Waals surface area contributed by atoms with Crippen LogP contribution in [-0.2, 0) is 0 Å². The van der Waals surface area contributed by atoms with Crippen molar-refractivity contribution in [1.82, 2.24) is 0 Å². The zero-order chi connectivity index (χ0) is 9.26. The molecular weight excluding hydrogens is 192 g/mol. The summed E-state index contributed by atoms with van der Waals surface area (Å²) in [5.41, 5.74) is 5.44. The molecule has 1 aliphatic heterocycles. The highest BCUT2D eigenvalue weighted by Crippen LogP contribution is 2.38. The van der Waals surface area contributed by atoms with E-state index in [1.165, 1.54) is 11.3 Å². The van der Waals surface area contributed by atoms with Crippen LogP contribution < -0.4 is 15.2 Å². The normalized spacial score (nSPS) is 15.8. The first kappa shape index (κ1) is 8.18. The van der Waals surface area contributed by atoms with Gasteiger partial charge in [0, 0.05) is 5.38 Å². The van der Waals surface area contributed by atoms with Crippen LogP contribution in [0.5, 0.6) is 11.5 Å². The molecule has 0 bridgehead atoms. The van der Waals surface area contributed by atoms with Crippen molar-refractivity contribution in [3.05, 3.63) is 10.3 Å². The number of amidine groups is 1. The van der Waals surface area contributed by atoms with Crippen LogP contribution in [0.2, 0.25) is 0 Å². The highest BCUT2D eigenvalue weighted by Gasteiger charge is 2.20. The molecule has 2 heterocycles. The van der Waals surface area contributed by atoms with Gasteiger partial charge in [0.15, 0.2) is 17.3 Å². The average Bonchev–Trinajstić information content (AvgIpc) is 2.60. The van der Waals surface area contributed by atoms with Gasteiger partial charge in [0.1, 0.15) is 18.1 Å². The summed E-state index contributed by atoms with van der Waals surface area (Å²) in [6, 6.07) is 0. The Morgan fingerprint density at radius 3 is 3.08 bits per heavy atom. The Balaban J connectivity index is 2.42. The fourth-order valence-electron chi connectivity index (χ4n) is 1.09. The van der Waals surface area contributed by atoms with Crippen molar-refractivity contribution < 1.29 is 14.7 Å². The van der Waals surface area contributed by atoms with Gasteiger partial charge in [0.05, 0.1) is 0 Å². The predicted octanol–water partition coefficient (Wildman–Crippen LogP) is 0.614. The quantitative estimate of drug-likeness (QED) is 0.301. The number of hydrogen-bond acceptors (Lipinski definition) is 5. The van der Waals surface area contributed by atoms with E-state index in [-0.39, 0.29) is 5.84 Å². The molecule has 5 nitrogen and oxygen atoms in total. The Morgan fingerprint density at radius 2 is 2.31 bits per heavy atom. The number of thiophene rings is 1. The van der Waals surface area contributed by atoms with Crippen LogP contribution >= 0.6 is 11.3 Å². The van der Waals surface area contributed by atoms with Gasteiger partial charge in [-0.05, 0) is 0 Å². The standard InChI is InChI=1S/C7H8N2O3S/c8-7(9-10)6-5-4(3-13-6)11-1-2-12-5/h3,10H,1-2H2,(H2,8,9). The average molecular weight is 200 g/mol. The molecule has 0 radical (unpaired) electrons. The lowest BCUT2D eigenvalue weighted by Crippen LogP contribution is -2.18. The van der Waals surface area contributed by atoms with Crippen LogP contribution in [0, 0.1) is 0 Å². The molecule has 0 amide bonds. The number of nitrogens with zero attached hydrogens (tertiary/aromatic N) is 1. The van der Waals surface area contributed by atoms with Crippen molar-refractivity contribution >= 4 is 17.2 Å². The first-order valence-electron chi connectivity index (χ1n) is 3.68.